The summed E-state index contributed by atoms with van der Waals surface area (Å²) >= 11 is 6.06. The lowest BCUT2D eigenvalue weighted by atomic mass is 9.86. The number of aryl methyl sites for hydroxylation is 1. The molecule has 1 nitrogen and oxygen atoms in total. The maximum absolute atomic E-state index is 6.06. The van der Waals surface area contributed by atoms with Crippen LogP contribution in [0, 0.1) is 0 Å². The lowest BCUT2D eigenvalue weighted by Crippen LogP contribution is -2.01. The van der Waals surface area contributed by atoms with Gasteiger partial charge in [-0.1, -0.05) is 23.7 Å². The molecule has 1 aromatic heterocycles. The molecular formula is C16H14ClN. The number of hydrogen-bond donors (Lipinski definition) is 0. The Labute approximate surface area is 112 Å². The van der Waals surface area contributed by atoms with Crippen LogP contribution in [0.2, 0.25) is 5.02 Å². The van der Waals surface area contributed by atoms with Crippen LogP contribution in [0.25, 0.3) is 11.6 Å². The highest BCUT2D eigenvalue weighted by molar-refractivity contribution is 6.30. The van der Waals surface area contributed by atoms with Gasteiger partial charge in [-0.2, -0.15) is 0 Å². The Balaban J connectivity index is 2.04. The molecule has 0 saturated heterocycles. The largest absolute Gasteiger partial charge is 0.265 e. The van der Waals surface area contributed by atoms with Crippen LogP contribution < -0.4 is 0 Å². The maximum Gasteiger partial charge on any atom is 0.0409 e. The van der Waals surface area contributed by atoms with Crippen LogP contribution in [0.1, 0.15) is 29.5 Å². The first-order chi connectivity index (χ1) is 8.83. The Bertz CT molecular complexity index is 587. The number of allylic oxidation sites excluding steroid dienone is 1. The molecule has 0 unspecified atom stereocenters. The molecule has 18 heavy (non-hydrogen) atoms. The molecule has 0 aliphatic heterocycles. The van der Waals surface area contributed by atoms with Crippen LogP contribution in [0.15, 0.2) is 42.7 Å². The number of aromatic nitrogens is 1. The lowest BCUT2D eigenvalue weighted by Gasteiger charge is -2.19. The van der Waals surface area contributed by atoms with Gasteiger partial charge < -0.3 is 0 Å². The van der Waals surface area contributed by atoms with Gasteiger partial charge >= 0.3 is 0 Å². The summed E-state index contributed by atoms with van der Waals surface area (Å²) in [7, 11) is 0. The molecule has 0 fully saturated rings. The summed E-state index contributed by atoms with van der Waals surface area (Å²) < 4.78 is 0. The molecule has 1 aliphatic carbocycles. The van der Waals surface area contributed by atoms with E-state index in [4.69, 9.17) is 11.6 Å². The van der Waals surface area contributed by atoms with Crippen molar-refractivity contribution < 1.29 is 0 Å². The minimum atomic E-state index is 0.832. The Morgan fingerprint density at radius 2 is 1.89 bits per heavy atom. The first-order valence-corrected chi connectivity index (χ1v) is 6.60. The topological polar surface area (TPSA) is 12.9 Å². The zero-order valence-corrected chi connectivity index (χ0v) is 10.8. The monoisotopic (exact) mass is 255 g/mol. The number of hydrogen-bond acceptors (Lipinski definition) is 1. The van der Waals surface area contributed by atoms with Crippen LogP contribution in [0.5, 0.6) is 0 Å². The van der Waals surface area contributed by atoms with Crippen molar-refractivity contribution in [1.29, 1.82) is 0 Å². The summed E-state index contributed by atoms with van der Waals surface area (Å²) in [5.74, 6) is 0. The average Bonchev–Trinajstić information content (AvgIpc) is 2.40. The lowest BCUT2D eigenvalue weighted by molar-refractivity contribution is 0.824. The summed E-state index contributed by atoms with van der Waals surface area (Å²) in [6, 6.07) is 10.3. The molecule has 0 radical (unpaired) electrons. The van der Waals surface area contributed by atoms with Crippen LogP contribution in [0.3, 0.4) is 0 Å². The molecular weight excluding hydrogens is 242 g/mol. The number of nitrogens with zero attached hydrogens (tertiary/aromatic N) is 1. The van der Waals surface area contributed by atoms with Crippen LogP contribution in [-0.2, 0) is 6.42 Å². The molecule has 0 spiro atoms. The molecule has 90 valence electrons. The first-order valence-electron chi connectivity index (χ1n) is 6.22. The van der Waals surface area contributed by atoms with Gasteiger partial charge in [-0.15, -0.1) is 0 Å². The third-order valence-electron chi connectivity index (χ3n) is 3.35. The highest BCUT2D eigenvalue weighted by atomic mass is 35.5. The third-order valence-corrected chi connectivity index (χ3v) is 3.59. The fraction of sp³-hybridized carbons (Fsp3) is 0.188. The van der Waals surface area contributed by atoms with Crippen molar-refractivity contribution in [3.05, 3.63) is 64.4 Å². The molecule has 0 saturated carbocycles. The Hall–Kier alpha value is -1.60. The van der Waals surface area contributed by atoms with Crippen molar-refractivity contribution >= 4 is 23.3 Å². The fourth-order valence-corrected chi connectivity index (χ4v) is 2.69. The van der Waals surface area contributed by atoms with E-state index in [1.54, 1.807) is 0 Å². The number of fused-ring (bicyclic) bond motifs is 1. The molecule has 1 aromatic carbocycles. The smallest absolute Gasteiger partial charge is 0.0409 e. The van der Waals surface area contributed by atoms with Crippen LogP contribution in [-0.4, -0.2) is 4.98 Å². The first kappa shape index (κ1) is 11.5. The zero-order valence-electron chi connectivity index (χ0n) is 10.1. The van der Waals surface area contributed by atoms with E-state index in [-0.39, 0.29) is 0 Å². The second kappa shape index (κ2) is 4.95. The van der Waals surface area contributed by atoms with Gasteiger partial charge in [0.15, 0.2) is 0 Å². The van der Waals surface area contributed by atoms with Gasteiger partial charge in [0.25, 0.3) is 0 Å². The fourth-order valence-electron chi connectivity index (χ4n) is 2.50. The van der Waals surface area contributed by atoms with Crippen molar-refractivity contribution in [2.45, 2.75) is 19.3 Å². The van der Waals surface area contributed by atoms with Gasteiger partial charge in [0.05, 0.1) is 0 Å². The normalized spacial score (nSPS) is 16.6. The van der Waals surface area contributed by atoms with E-state index in [0.29, 0.717) is 0 Å². The SMILES string of the molecule is Clc1ccc2c(c1)CCC/C2=C/c1ccncc1. The highest BCUT2D eigenvalue weighted by Crippen LogP contribution is 2.33. The van der Waals surface area contributed by atoms with E-state index >= 15 is 0 Å². The van der Waals surface area contributed by atoms with Gasteiger partial charge in [0.2, 0.25) is 0 Å². The molecule has 2 aromatic rings. The van der Waals surface area contributed by atoms with E-state index in [1.165, 1.54) is 28.7 Å². The molecule has 0 bridgehead atoms. The standard InChI is InChI=1S/C16H14ClN/c17-15-4-5-16-13(2-1-3-14(16)11-15)10-12-6-8-18-9-7-12/h4-11H,1-3H2/b13-10-. The van der Waals surface area contributed by atoms with Crippen molar-refractivity contribution in [3.8, 4) is 0 Å². The summed E-state index contributed by atoms with van der Waals surface area (Å²) in [5.41, 5.74) is 5.33. The summed E-state index contributed by atoms with van der Waals surface area (Å²) in [6.07, 6.45) is 9.38. The second-order valence-corrected chi connectivity index (χ2v) is 5.04. The van der Waals surface area contributed by atoms with Gasteiger partial charge in [0, 0.05) is 17.4 Å². The summed E-state index contributed by atoms with van der Waals surface area (Å²) in [4.78, 5) is 4.05. The predicted molar refractivity (Wildman–Crippen MR) is 76.5 cm³/mol. The molecule has 3 rings (SSSR count). The van der Waals surface area contributed by atoms with E-state index in [0.717, 1.165) is 17.9 Å². The molecule has 0 amide bonds. The Morgan fingerprint density at radius 3 is 2.72 bits per heavy atom. The van der Waals surface area contributed by atoms with Gasteiger partial charge in [-0.3, -0.25) is 4.98 Å². The van der Waals surface area contributed by atoms with E-state index < -0.39 is 0 Å². The van der Waals surface area contributed by atoms with Crippen molar-refractivity contribution in [2.24, 2.45) is 0 Å². The van der Waals surface area contributed by atoms with Crippen LogP contribution in [0.4, 0.5) is 0 Å². The van der Waals surface area contributed by atoms with Crippen LogP contribution >= 0.6 is 11.6 Å². The van der Waals surface area contributed by atoms with Gasteiger partial charge in [-0.25, -0.2) is 0 Å². The summed E-state index contributed by atoms with van der Waals surface area (Å²) in [5, 5.41) is 0.832. The molecule has 0 atom stereocenters. The van der Waals surface area contributed by atoms with Gasteiger partial charge in [0.1, 0.15) is 0 Å². The summed E-state index contributed by atoms with van der Waals surface area (Å²) in [6.45, 7) is 0. The quantitative estimate of drug-likeness (QED) is 0.725. The Morgan fingerprint density at radius 1 is 1.06 bits per heavy atom. The Kier molecular flexibility index (Phi) is 3.16. The molecule has 1 aliphatic rings. The minimum Gasteiger partial charge on any atom is -0.265 e. The van der Waals surface area contributed by atoms with Crippen molar-refractivity contribution in [1.82, 2.24) is 4.98 Å². The molecule has 0 N–H and O–H groups in total. The van der Waals surface area contributed by atoms with Crippen molar-refractivity contribution in [2.75, 3.05) is 0 Å². The number of pyridine rings is 1. The maximum atomic E-state index is 6.06. The van der Waals surface area contributed by atoms with Gasteiger partial charge in [-0.05, 0) is 65.8 Å². The molecule has 2 heteroatoms. The minimum absolute atomic E-state index is 0.832. The molecule has 1 heterocycles. The number of rotatable bonds is 1. The van der Waals surface area contributed by atoms with E-state index in [2.05, 4.69) is 23.2 Å². The third kappa shape index (κ3) is 2.32. The highest BCUT2D eigenvalue weighted by Gasteiger charge is 2.14. The number of benzene rings is 1. The zero-order chi connectivity index (χ0) is 12.4. The number of halogens is 1. The predicted octanol–water partition coefficient (Wildman–Crippen LogP) is 4.61. The second-order valence-electron chi connectivity index (χ2n) is 4.61. The van der Waals surface area contributed by atoms with E-state index in [1.807, 2.05) is 30.6 Å². The van der Waals surface area contributed by atoms with Crippen molar-refractivity contribution in [3.63, 3.8) is 0 Å². The average molecular weight is 256 g/mol. The van der Waals surface area contributed by atoms with E-state index in [9.17, 15) is 0 Å².